The average molecular weight is 735 g/mol. The first-order valence-corrected chi connectivity index (χ1v) is 17.9. The summed E-state index contributed by atoms with van der Waals surface area (Å²) in [6.07, 6.45) is -7.60. The molecule has 53 heavy (non-hydrogen) atoms. The summed E-state index contributed by atoms with van der Waals surface area (Å²) in [5.74, 6) is -5.25. The number of fused-ring (bicyclic) bond motifs is 5. The highest BCUT2D eigenvalue weighted by Gasteiger charge is 2.78. The topological polar surface area (TPSA) is 200 Å². The Kier molecular flexibility index (Phi) is 9.95. The van der Waals surface area contributed by atoms with E-state index in [1.807, 2.05) is 30.3 Å². The monoisotopic (exact) mass is 734 g/mol. The van der Waals surface area contributed by atoms with Gasteiger partial charge in [-0.2, -0.15) is 0 Å². The Morgan fingerprint density at radius 2 is 1.57 bits per heavy atom. The van der Waals surface area contributed by atoms with E-state index in [1.165, 1.54) is 26.0 Å². The number of carbonyl (C=O) groups is 5. The molecule has 13 nitrogen and oxygen atoms in total. The summed E-state index contributed by atoms with van der Waals surface area (Å²) < 4.78 is 30.2. The fourth-order valence-electron chi connectivity index (χ4n) is 9.27. The van der Waals surface area contributed by atoms with E-state index in [0.717, 1.165) is 12.5 Å². The van der Waals surface area contributed by atoms with Crippen molar-refractivity contribution in [3.05, 3.63) is 82.9 Å². The van der Waals surface area contributed by atoms with Gasteiger partial charge in [-0.3, -0.25) is 19.2 Å². The van der Waals surface area contributed by atoms with Crippen molar-refractivity contribution in [2.45, 2.75) is 109 Å². The van der Waals surface area contributed by atoms with Gasteiger partial charge in [-0.15, -0.1) is 0 Å². The summed E-state index contributed by atoms with van der Waals surface area (Å²) in [6.45, 7) is 8.44. The Morgan fingerprint density at radius 3 is 2.13 bits per heavy atom. The molecule has 4 aliphatic rings. The molecule has 3 aliphatic carbocycles. The van der Waals surface area contributed by atoms with E-state index in [-0.39, 0.29) is 37.0 Å². The van der Waals surface area contributed by atoms with E-state index in [4.69, 9.17) is 23.7 Å². The molecule has 2 aromatic rings. The normalized spacial score (nSPS) is 34.8. The van der Waals surface area contributed by atoms with Crippen molar-refractivity contribution in [3.63, 3.8) is 0 Å². The van der Waals surface area contributed by atoms with E-state index in [2.05, 4.69) is 5.73 Å². The van der Waals surface area contributed by atoms with E-state index in [1.54, 1.807) is 39.0 Å². The van der Waals surface area contributed by atoms with Crippen LogP contribution in [0.5, 0.6) is 0 Å². The van der Waals surface area contributed by atoms with E-state index in [0.29, 0.717) is 5.57 Å². The van der Waals surface area contributed by atoms with Gasteiger partial charge in [0.15, 0.2) is 17.5 Å². The summed E-state index contributed by atoms with van der Waals surface area (Å²) in [5, 5.41) is 25.4. The van der Waals surface area contributed by atoms with Crippen molar-refractivity contribution in [2.75, 3.05) is 6.61 Å². The molecule has 1 saturated heterocycles. The van der Waals surface area contributed by atoms with Gasteiger partial charge in [0.25, 0.3) is 0 Å². The van der Waals surface area contributed by atoms with E-state index in [9.17, 15) is 29.4 Å². The highest BCUT2D eigenvalue weighted by molar-refractivity contribution is 5.95. The number of benzene rings is 2. The number of aliphatic hydroxyl groups is 2. The van der Waals surface area contributed by atoms with Crippen LogP contribution in [0.25, 0.3) is 0 Å². The molecular weight excluding hydrogens is 686 g/mol. The van der Waals surface area contributed by atoms with Crippen LogP contribution in [0.15, 0.2) is 71.8 Å². The summed E-state index contributed by atoms with van der Waals surface area (Å²) in [4.78, 5) is 68.7. The quantitative estimate of drug-likeness (QED) is 0.204. The zero-order valence-corrected chi connectivity index (χ0v) is 30.8. The van der Waals surface area contributed by atoms with Gasteiger partial charge in [0, 0.05) is 37.7 Å². The smallest absolute Gasteiger partial charge is 0.338 e. The van der Waals surface area contributed by atoms with E-state index < -0.39 is 94.2 Å². The summed E-state index contributed by atoms with van der Waals surface area (Å²) in [6, 6.07) is 16.8. The zero-order valence-electron chi connectivity index (χ0n) is 30.8. The third kappa shape index (κ3) is 6.17. The third-order valence-corrected chi connectivity index (χ3v) is 12.1. The van der Waals surface area contributed by atoms with Crippen molar-refractivity contribution < 1.29 is 63.6 Å². The number of carbonyl (C=O) groups excluding carboxylic acids is 5. The molecule has 1 unspecified atom stereocenters. The molecule has 2 aromatic carbocycles. The lowest BCUT2D eigenvalue weighted by Crippen LogP contribution is -2.82. The number of esters is 4. The maximum Gasteiger partial charge on any atom is 0.338 e. The number of rotatable bonds is 8. The molecule has 284 valence electrons. The molecule has 10 atom stereocenters. The second kappa shape index (κ2) is 13.8. The van der Waals surface area contributed by atoms with Gasteiger partial charge in [-0.1, -0.05) is 62.4 Å². The number of ether oxygens (including phenoxy) is 5. The zero-order chi connectivity index (χ0) is 38.7. The molecule has 6 rings (SSSR count). The fraction of sp³-hybridized carbons (Fsp3) is 0.525. The van der Waals surface area contributed by atoms with Crippen LogP contribution in [0.3, 0.4) is 0 Å². The van der Waals surface area contributed by atoms with Gasteiger partial charge in [0.05, 0.1) is 29.6 Å². The number of Topliss-reactive ketones (excluding diaryl/α,β-unsaturated/α-hetero) is 1. The van der Waals surface area contributed by atoms with Gasteiger partial charge < -0.3 is 39.6 Å². The lowest BCUT2D eigenvalue weighted by atomic mass is 9.44. The minimum Gasteiger partial charge on any atom is -0.458 e. The van der Waals surface area contributed by atoms with Gasteiger partial charge in [0.2, 0.25) is 0 Å². The van der Waals surface area contributed by atoms with Crippen LogP contribution in [0.4, 0.5) is 0 Å². The number of hydrogen-bond acceptors (Lipinski definition) is 12. The molecule has 0 spiro atoms. The Hall–Kier alpha value is -4.43. The van der Waals surface area contributed by atoms with Crippen LogP contribution >= 0.6 is 0 Å². The first-order valence-electron chi connectivity index (χ1n) is 17.9. The first kappa shape index (κ1) is 38.3. The number of ketones is 1. The number of hydrogen-bond donors (Lipinski definition) is 3. The molecular formula is C40H48NO12+. The predicted octanol–water partition coefficient (Wildman–Crippen LogP) is 2.58. The largest absolute Gasteiger partial charge is 0.458 e. The summed E-state index contributed by atoms with van der Waals surface area (Å²) in [7, 11) is 0. The van der Waals surface area contributed by atoms with Crippen LogP contribution in [-0.2, 0) is 42.9 Å². The van der Waals surface area contributed by atoms with Crippen LogP contribution in [-0.4, -0.2) is 88.2 Å². The maximum absolute atomic E-state index is 15.3. The van der Waals surface area contributed by atoms with Crippen molar-refractivity contribution in [1.82, 2.24) is 0 Å². The third-order valence-electron chi connectivity index (χ3n) is 12.1. The van der Waals surface area contributed by atoms with Crippen molar-refractivity contribution in [3.8, 4) is 0 Å². The SMILES string of the molecule is CC(=O)O[C@H]1C(=O)[C@@]2(C)C([C@H](OC(=O)c3ccccc3)[C@]3(O)C[C@H](OC(=O)C[C@@H]([NH3+])c4ccccc4)C(C)=C1C3(C)C)[C@]1(OC(C)=O)CO[C@@H]1C[C@@H]2O. The molecule has 1 heterocycles. The van der Waals surface area contributed by atoms with Gasteiger partial charge in [-0.25, -0.2) is 4.79 Å². The molecule has 2 bridgehead atoms. The van der Waals surface area contributed by atoms with Gasteiger partial charge in [0.1, 0.15) is 36.4 Å². The van der Waals surface area contributed by atoms with E-state index >= 15 is 4.79 Å². The molecule has 0 aromatic heterocycles. The van der Waals surface area contributed by atoms with Crippen molar-refractivity contribution >= 4 is 29.7 Å². The number of aliphatic hydroxyl groups excluding tert-OH is 1. The Labute approximate surface area is 307 Å². The fourth-order valence-corrected chi connectivity index (χ4v) is 9.27. The van der Waals surface area contributed by atoms with Crippen LogP contribution in [0.2, 0.25) is 0 Å². The van der Waals surface area contributed by atoms with Crippen LogP contribution in [0, 0.1) is 16.7 Å². The molecule has 0 radical (unpaired) electrons. The number of quaternary nitrogens is 1. The van der Waals surface area contributed by atoms with Crippen LogP contribution in [0.1, 0.15) is 82.8 Å². The van der Waals surface area contributed by atoms with Gasteiger partial charge in [-0.05, 0) is 37.1 Å². The second-order valence-corrected chi connectivity index (χ2v) is 15.5. The molecule has 2 saturated carbocycles. The van der Waals surface area contributed by atoms with Crippen molar-refractivity contribution in [1.29, 1.82) is 0 Å². The first-order chi connectivity index (χ1) is 24.9. The summed E-state index contributed by atoms with van der Waals surface area (Å²) >= 11 is 0. The highest BCUT2D eigenvalue weighted by atomic mass is 16.6. The molecule has 5 N–H and O–H groups in total. The summed E-state index contributed by atoms with van der Waals surface area (Å²) in [5.41, 5.74) is -1.80. The predicted molar refractivity (Wildman–Crippen MR) is 185 cm³/mol. The minimum absolute atomic E-state index is 0.120. The Balaban J connectivity index is 1.57. The van der Waals surface area contributed by atoms with Crippen LogP contribution < -0.4 is 5.73 Å². The average Bonchev–Trinajstić information content (AvgIpc) is 3.10. The Morgan fingerprint density at radius 1 is 0.943 bits per heavy atom. The molecule has 13 heteroatoms. The highest BCUT2D eigenvalue weighted by Crippen LogP contribution is 2.64. The molecule has 1 aliphatic heterocycles. The molecule has 0 amide bonds. The van der Waals surface area contributed by atoms with Crippen molar-refractivity contribution in [2.24, 2.45) is 16.7 Å². The lowest BCUT2D eigenvalue weighted by molar-refractivity contribution is -0.426. The minimum atomic E-state index is -2.21. The molecule has 3 fully saturated rings. The standard InChI is InChI=1S/C40H47NO12/c1-21-27(51-30(45)17-26(41)24-13-9-7-10-14-24)19-40(48)35(52-36(47)25-15-11-8-12-16-25)33-38(6,28(44)18-29-39(33,20-49-29)53-23(3)43)34(46)32(50-22(2)42)31(21)37(40,4)5/h7-16,26-29,32-33,35,44,48H,17-20,41H2,1-6H3/p+1/t26-,27+,28+,29-,32-,33?,35+,38-,39+,40-/m1/s1. The lowest BCUT2D eigenvalue weighted by Gasteiger charge is -2.67. The Bertz CT molecular complexity index is 1830. The van der Waals surface area contributed by atoms with Gasteiger partial charge >= 0.3 is 23.9 Å². The second-order valence-electron chi connectivity index (χ2n) is 15.5. The maximum atomic E-state index is 15.3.